The molecule has 0 heterocycles. The van der Waals surface area contributed by atoms with Gasteiger partial charge in [-0.05, 0) is 24.3 Å². The number of carboxylic acid groups (broad SMARTS) is 2. The fourth-order valence-corrected chi connectivity index (χ4v) is 2.57. The third-order valence-corrected chi connectivity index (χ3v) is 4.17. The van der Waals surface area contributed by atoms with Gasteiger partial charge in [0.1, 0.15) is 0 Å². The molecular formula is C30H30O4SiTi-4. The van der Waals surface area contributed by atoms with Crippen LogP contribution in [-0.4, -0.2) is 29.8 Å². The summed E-state index contributed by atoms with van der Waals surface area (Å²) in [5, 5.41) is 19.4. The van der Waals surface area contributed by atoms with Crippen LogP contribution in [0.1, 0.15) is 27.1 Å². The van der Waals surface area contributed by atoms with Crippen LogP contribution in [0.4, 0.5) is 0 Å². The van der Waals surface area contributed by atoms with Crippen LogP contribution in [0, 0.1) is 20.9 Å². The molecule has 4 nitrogen and oxygen atoms in total. The van der Waals surface area contributed by atoms with Gasteiger partial charge in [-0.25, -0.2) is 21.7 Å². The molecule has 0 fully saturated rings. The summed E-state index contributed by atoms with van der Waals surface area (Å²) in [5.74, 6) is -1.76. The van der Waals surface area contributed by atoms with E-state index in [0.29, 0.717) is 11.1 Å². The van der Waals surface area contributed by atoms with Gasteiger partial charge in [0.05, 0.1) is 11.1 Å². The molecule has 2 N–H and O–H groups in total. The van der Waals surface area contributed by atoms with Gasteiger partial charge in [0, 0.05) is 0 Å². The largest absolute Gasteiger partial charge is 0.168 e. The van der Waals surface area contributed by atoms with Crippen LogP contribution in [0.2, 0.25) is 0 Å². The SMILES string of the molecule is O=C(O)c1ccccc1.O=C(O)c1ccccc1.[C-]1=CC=CC1.[CH3-].[CH3-].[Si]=[Ti].c1ccc2[cH-]ccc2c1. The Bertz CT molecular complexity index is 1080. The summed E-state index contributed by atoms with van der Waals surface area (Å²) >= 11 is 1.81. The van der Waals surface area contributed by atoms with E-state index in [0.717, 1.165) is 6.42 Å². The van der Waals surface area contributed by atoms with Gasteiger partial charge in [-0.1, -0.05) is 42.5 Å². The van der Waals surface area contributed by atoms with Crippen molar-refractivity contribution in [1.29, 1.82) is 0 Å². The van der Waals surface area contributed by atoms with Crippen LogP contribution >= 0.6 is 0 Å². The molecule has 0 amide bonds. The molecule has 1 aliphatic carbocycles. The second-order valence-corrected chi connectivity index (χ2v) is 6.50. The Morgan fingerprint density at radius 3 is 1.56 bits per heavy atom. The molecular weight excluding hydrogens is 500 g/mol. The summed E-state index contributed by atoms with van der Waals surface area (Å²) in [6.45, 7) is 0. The van der Waals surface area contributed by atoms with Gasteiger partial charge in [-0.15, -0.1) is 36.1 Å². The molecule has 0 saturated carbocycles. The van der Waals surface area contributed by atoms with E-state index in [1.54, 1.807) is 79.8 Å². The van der Waals surface area contributed by atoms with Crippen molar-refractivity contribution < 1.29 is 39.0 Å². The van der Waals surface area contributed by atoms with E-state index in [2.05, 4.69) is 62.2 Å². The fourth-order valence-electron chi connectivity index (χ4n) is 2.57. The van der Waals surface area contributed by atoms with Gasteiger partial charge in [0.2, 0.25) is 0 Å². The summed E-state index contributed by atoms with van der Waals surface area (Å²) in [7, 11) is 2.97. The molecule has 0 saturated heterocycles. The van der Waals surface area contributed by atoms with Gasteiger partial charge in [0.25, 0.3) is 0 Å². The van der Waals surface area contributed by atoms with Gasteiger partial charge >= 0.3 is 38.7 Å². The minimum absolute atomic E-state index is 0. The van der Waals surface area contributed by atoms with Crippen molar-refractivity contribution in [2.75, 3.05) is 0 Å². The van der Waals surface area contributed by atoms with Crippen molar-refractivity contribution in [2.45, 2.75) is 6.42 Å². The number of benzene rings is 3. The third kappa shape index (κ3) is 14.8. The first kappa shape index (κ1) is 34.8. The first-order valence-corrected chi connectivity index (χ1v) is 13.1. The summed E-state index contributed by atoms with van der Waals surface area (Å²) in [6.07, 6.45) is 10.0. The molecule has 0 bridgehead atoms. The Morgan fingerprint density at radius 1 is 0.750 bits per heavy atom. The van der Waals surface area contributed by atoms with Crippen molar-refractivity contribution >= 4 is 30.3 Å². The number of fused-ring (bicyclic) bond motifs is 1. The van der Waals surface area contributed by atoms with Crippen LogP contribution in [0.3, 0.4) is 0 Å². The standard InChI is InChI=1S/C9H7.2C7H6O2.C5H5.2CH3.Si.Ti/c1-2-5-9-7-3-6-8(9)4-1;2*8-7(9)6-4-2-1-3-5-6;1-2-4-5-3-1;;;;/h1-7H;2*1-5H,(H,8,9);1-3H,4H2;2*1H3;;/q-1;;;3*-1;;. The van der Waals surface area contributed by atoms with E-state index in [1.165, 1.54) is 10.8 Å². The van der Waals surface area contributed by atoms with Gasteiger partial charge in [-0.2, -0.15) is 23.6 Å². The predicted molar refractivity (Wildman–Crippen MR) is 146 cm³/mol. The molecule has 0 aliphatic heterocycles. The normalized spacial score (nSPS) is 9.53. The fraction of sp³-hybridized carbons (Fsp3) is 0.0333. The molecule has 0 unspecified atom stereocenters. The molecule has 4 aromatic carbocycles. The molecule has 0 spiro atoms. The first-order chi connectivity index (χ1) is 16.6. The smallest absolute Gasteiger partial charge is 0.0809 e. The predicted octanol–water partition coefficient (Wildman–Crippen LogP) is 7.15. The van der Waals surface area contributed by atoms with Crippen molar-refractivity contribution in [2.24, 2.45) is 0 Å². The zero-order valence-electron chi connectivity index (χ0n) is 20.5. The minimum Gasteiger partial charge on any atom is -0.168 e. The average molecular weight is 531 g/mol. The number of carbonyl (C=O) groups is 2. The van der Waals surface area contributed by atoms with Crippen LogP contribution in [0.25, 0.3) is 10.8 Å². The Morgan fingerprint density at radius 2 is 1.22 bits per heavy atom. The van der Waals surface area contributed by atoms with E-state index in [1.807, 2.05) is 12.2 Å². The summed E-state index contributed by atoms with van der Waals surface area (Å²) < 4.78 is 0. The maximum absolute atomic E-state index is 10.2. The monoisotopic (exact) mass is 530 g/mol. The quantitative estimate of drug-likeness (QED) is 0.213. The average Bonchev–Trinajstić information content (AvgIpc) is 3.63. The second-order valence-electron chi connectivity index (χ2n) is 6.50. The maximum atomic E-state index is 10.2. The van der Waals surface area contributed by atoms with Crippen LogP contribution < -0.4 is 0 Å². The van der Waals surface area contributed by atoms with E-state index < -0.39 is 11.9 Å². The van der Waals surface area contributed by atoms with Crippen LogP contribution in [0.15, 0.2) is 121 Å². The van der Waals surface area contributed by atoms with Crippen LogP contribution in [-0.2, 0) is 19.2 Å². The molecule has 186 valence electrons. The van der Waals surface area contributed by atoms with Crippen LogP contribution in [0.5, 0.6) is 0 Å². The second kappa shape index (κ2) is 22.1. The van der Waals surface area contributed by atoms with Gasteiger partial charge < -0.3 is 25.1 Å². The van der Waals surface area contributed by atoms with E-state index in [-0.39, 0.29) is 14.9 Å². The van der Waals surface area contributed by atoms with Crippen molar-refractivity contribution in [1.82, 2.24) is 0 Å². The molecule has 0 atom stereocenters. The topological polar surface area (TPSA) is 74.6 Å². The Labute approximate surface area is 228 Å². The number of hydrogen-bond acceptors (Lipinski definition) is 2. The third-order valence-electron chi connectivity index (χ3n) is 4.17. The summed E-state index contributed by atoms with van der Waals surface area (Å²) in [6, 6.07) is 31.3. The van der Waals surface area contributed by atoms with E-state index >= 15 is 0 Å². The Balaban J connectivity index is 0. The molecule has 4 aromatic rings. The molecule has 6 heteroatoms. The zero-order valence-corrected chi connectivity index (χ0v) is 23.0. The summed E-state index contributed by atoms with van der Waals surface area (Å²) in [5.41, 5.74) is 0.662. The minimum atomic E-state index is -0.879. The number of rotatable bonds is 2. The molecule has 1 aliphatic rings. The Kier molecular flexibility index (Phi) is 21.4. The summed E-state index contributed by atoms with van der Waals surface area (Å²) in [4.78, 5) is 20.4. The first-order valence-electron chi connectivity index (χ1n) is 10.2. The van der Waals surface area contributed by atoms with Gasteiger partial charge in [0.15, 0.2) is 0 Å². The molecule has 5 rings (SSSR count). The van der Waals surface area contributed by atoms with E-state index in [4.69, 9.17) is 10.2 Å². The molecule has 0 aromatic heterocycles. The van der Waals surface area contributed by atoms with Crippen molar-refractivity contribution in [3.05, 3.63) is 153 Å². The van der Waals surface area contributed by atoms with Crippen molar-refractivity contribution in [3.8, 4) is 0 Å². The van der Waals surface area contributed by atoms with Gasteiger partial charge in [-0.3, -0.25) is 6.08 Å². The van der Waals surface area contributed by atoms with Crippen molar-refractivity contribution in [3.63, 3.8) is 0 Å². The Hall–Kier alpha value is -3.38. The molecule has 2 radical (unpaired) electrons. The number of aromatic carboxylic acids is 2. The van der Waals surface area contributed by atoms with E-state index in [9.17, 15) is 9.59 Å². The zero-order chi connectivity index (χ0) is 25.0. The maximum Gasteiger partial charge on any atom is -0.0809 e. The molecule has 36 heavy (non-hydrogen) atoms. The number of hydrogen-bond donors (Lipinski definition) is 2. The number of carboxylic acids is 2. The number of allylic oxidation sites excluding steroid dienone is 4.